The molecule has 9 nitrogen and oxygen atoms in total. The van der Waals surface area contributed by atoms with Gasteiger partial charge in [-0.25, -0.2) is 4.79 Å². The summed E-state index contributed by atoms with van der Waals surface area (Å²) < 4.78 is 12.3. The van der Waals surface area contributed by atoms with Crippen molar-refractivity contribution < 1.29 is 34.1 Å². The number of hydrogen-bond donors (Lipinski definition) is 3. The zero-order chi connectivity index (χ0) is 27.4. The summed E-state index contributed by atoms with van der Waals surface area (Å²) in [4.78, 5) is 37.7. The lowest BCUT2D eigenvalue weighted by molar-refractivity contribution is -0.140. The number of aromatic carboxylic acids is 1. The van der Waals surface area contributed by atoms with Gasteiger partial charge in [0, 0.05) is 17.8 Å². The van der Waals surface area contributed by atoms with Crippen molar-refractivity contribution in [3.63, 3.8) is 0 Å². The molecule has 0 saturated carbocycles. The number of carbonyl (C=O) groups excluding carboxylic acids is 1. The lowest BCUT2D eigenvalue weighted by Crippen LogP contribution is -2.29. The van der Waals surface area contributed by atoms with Gasteiger partial charge in [0.2, 0.25) is 0 Å². The molecule has 0 fully saturated rings. The number of phenols is 1. The summed E-state index contributed by atoms with van der Waals surface area (Å²) in [5.74, 6) is -2.43. The number of phenolic OH excluding ortho intramolecular Hbond substituents is 1. The molecule has 4 aromatic rings. The minimum absolute atomic E-state index is 0.0286. The molecule has 196 valence electrons. The van der Waals surface area contributed by atoms with Crippen molar-refractivity contribution >= 4 is 11.9 Å². The quantitative estimate of drug-likeness (QED) is 0.277. The molecule has 1 atom stereocenters. The lowest BCUT2D eigenvalue weighted by atomic mass is 9.93. The first kappa shape index (κ1) is 26.3. The van der Waals surface area contributed by atoms with Crippen molar-refractivity contribution in [2.75, 3.05) is 7.11 Å². The van der Waals surface area contributed by atoms with Crippen LogP contribution in [0.15, 0.2) is 75.9 Å². The molecule has 4 rings (SSSR count). The van der Waals surface area contributed by atoms with Gasteiger partial charge in [-0.15, -0.1) is 0 Å². The molecule has 0 aliphatic heterocycles. The van der Waals surface area contributed by atoms with Crippen molar-refractivity contribution in [2.45, 2.75) is 32.2 Å². The summed E-state index contributed by atoms with van der Waals surface area (Å²) in [6.45, 7) is 1.99. The number of nitrogens with zero attached hydrogens (tertiary/aromatic N) is 1. The Kier molecular flexibility index (Phi) is 7.66. The van der Waals surface area contributed by atoms with E-state index >= 15 is 0 Å². The van der Waals surface area contributed by atoms with Crippen LogP contribution in [0.3, 0.4) is 0 Å². The average molecular weight is 518 g/mol. The third-order valence-electron chi connectivity index (χ3n) is 6.42. The third-order valence-corrected chi connectivity index (χ3v) is 6.42. The number of carboxylic acids is 1. The van der Waals surface area contributed by atoms with E-state index < -0.39 is 23.4 Å². The van der Waals surface area contributed by atoms with Gasteiger partial charge in [0.05, 0.1) is 30.6 Å². The van der Waals surface area contributed by atoms with Crippen molar-refractivity contribution in [1.82, 2.24) is 4.57 Å². The molecule has 0 bridgehead atoms. The number of esters is 1. The van der Waals surface area contributed by atoms with E-state index in [1.165, 1.54) is 23.8 Å². The van der Waals surface area contributed by atoms with E-state index in [-0.39, 0.29) is 40.6 Å². The number of furan rings is 1. The maximum Gasteiger partial charge on any atom is 0.336 e. The van der Waals surface area contributed by atoms with Crippen molar-refractivity contribution in [1.29, 1.82) is 0 Å². The first-order chi connectivity index (χ1) is 18.2. The molecule has 0 spiro atoms. The van der Waals surface area contributed by atoms with Gasteiger partial charge in [-0.05, 0) is 55.3 Å². The second kappa shape index (κ2) is 11.1. The fourth-order valence-corrected chi connectivity index (χ4v) is 4.44. The van der Waals surface area contributed by atoms with E-state index in [0.29, 0.717) is 24.2 Å². The molecule has 38 heavy (non-hydrogen) atoms. The van der Waals surface area contributed by atoms with Gasteiger partial charge >= 0.3 is 11.9 Å². The maximum atomic E-state index is 13.7. The lowest BCUT2D eigenvalue weighted by Gasteiger charge is -2.19. The van der Waals surface area contributed by atoms with Crippen molar-refractivity contribution in [3.8, 4) is 22.8 Å². The first-order valence-corrected chi connectivity index (χ1v) is 11.9. The van der Waals surface area contributed by atoms with Gasteiger partial charge in [-0.2, -0.15) is 0 Å². The number of aromatic nitrogens is 1. The first-order valence-electron chi connectivity index (χ1n) is 11.9. The number of rotatable bonds is 9. The number of hydrogen-bond acceptors (Lipinski definition) is 7. The van der Waals surface area contributed by atoms with Crippen LogP contribution in [0.1, 0.15) is 45.3 Å². The molecule has 9 heteroatoms. The predicted molar refractivity (Wildman–Crippen MR) is 138 cm³/mol. The normalized spacial score (nSPS) is 11.7. The molecule has 0 saturated heterocycles. The number of benzene rings is 2. The fraction of sp³-hybridized carbons (Fsp3) is 0.207. The van der Waals surface area contributed by atoms with Crippen LogP contribution in [0.25, 0.3) is 11.3 Å². The highest BCUT2D eigenvalue weighted by atomic mass is 16.5. The van der Waals surface area contributed by atoms with E-state index in [1.807, 2.05) is 0 Å². The maximum absolute atomic E-state index is 13.7. The van der Waals surface area contributed by atoms with Gasteiger partial charge in [0.25, 0.3) is 5.56 Å². The largest absolute Gasteiger partial charge is 0.508 e. The topological polar surface area (TPSA) is 139 Å². The Bertz CT molecular complexity index is 1530. The van der Waals surface area contributed by atoms with Crippen LogP contribution in [0.2, 0.25) is 0 Å². The van der Waals surface area contributed by atoms with Gasteiger partial charge in [0.1, 0.15) is 23.0 Å². The van der Waals surface area contributed by atoms with E-state index in [2.05, 4.69) is 0 Å². The zero-order valence-corrected chi connectivity index (χ0v) is 20.9. The van der Waals surface area contributed by atoms with Gasteiger partial charge in [0.15, 0.2) is 0 Å². The highest BCUT2D eigenvalue weighted by Crippen LogP contribution is 2.36. The summed E-state index contributed by atoms with van der Waals surface area (Å²) in [7, 11) is 1.22. The molecule has 0 radical (unpaired) electrons. The smallest absolute Gasteiger partial charge is 0.336 e. The molecule has 2 aromatic heterocycles. The Balaban J connectivity index is 1.77. The molecule has 2 aromatic carbocycles. The molecular formula is C29H27NO8. The number of pyridine rings is 1. The van der Waals surface area contributed by atoms with Crippen LogP contribution in [-0.4, -0.2) is 38.9 Å². The van der Waals surface area contributed by atoms with E-state index in [4.69, 9.17) is 9.15 Å². The van der Waals surface area contributed by atoms with Crippen LogP contribution in [0.4, 0.5) is 0 Å². The SMILES string of the molecule is COC(=O)CC(c1ccc(-c2ccccc2C(=O)O)o1)c1c(O)cc(C)n(CCc2ccc(O)cc2)c1=O. The molecule has 0 amide bonds. The predicted octanol–water partition coefficient (Wildman–Crippen LogP) is 4.46. The number of methoxy groups -OCH3 is 1. The molecule has 1 unspecified atom stereocenters. The molecule has 3 N–H and O–H groups in total. The number of ether oxygens (including phenoxy) is 1. The zero-order valence-electron chi connectivity index (χ0n) is 20.9. The summed E-state index contributed by atoms with van der Waals surface area (Å²) in [5.41, 5.74) is 1.29. The van der Waals surface area contributed by atoms with Gasteiger partial charge in [-0.3, -0.25) is 9.59 Å². The van der Waals surface area contributed by atoms with E-state index in [9.17, 15) is 29.7 Å². The summed E-state index contributed by atoms with van der Waals surface area (Å²) in [6, 6.07) is 17.6. The fourth-order valence-electron chi connectivity index (χ4n) is 4.44. The molecule has 0 aliphatic carbocycles. The van der Waals surface area contributed by atoms with Crippen LogP contribution in [-0.2, 0) is 22.5 Å². The highest BCUT2D eigenvalue weighted by Gasteiger charge is 2.29. The van der Waals surface area contributed by atoms with Gasteiger partial charge in [-0.1, -0.05) is 30.3 Å². The summed E-state index contributed by atoms with van der Waals surface area (Å²) in [6.07, 6.45) is 0.206. The average Bonchev–Trinajstić information content (AvgIpc) is 3.38. The second-order valence-corrected chi connectivity index (χ2v) is 8.84. The number of carbonyl (C=O) groups is 2. The highest BCUT2D eigenvalue weighted by molar-refractivity contribution is 5.95. The van der Waals surface area contributed by atoms with Crippen molar-refractivity contribution in [2.24, 2.45) is 0 Å². The van der Waals surface area contributed by atoms with Crippen LogP contribution in [0, 0.1) is 6.92 Å². The Morgan fingerprint density at radius 1 is 1.03 bits per heavy atom. The number of carboxylic acid groups (broad SMARTS) is 1. The molecule has 2 heterocycles. The summed E-state index contributed by atoms with van der Waals surface area (Å²) >= 11 is 0. The minimum Gasteiger partial charge on any atom is -0.508 e. The number of aryl methyl sites for hydroxylation is 2. The van der Waals surface area contributed by atoms with E-state index in [0.717, 1.165) is 5.56 Å². The third kappa shape index (κ3) is 5.46. The Hall–Kier alpha value is -4.79. The Morgan fingerprint density at radius 3 is 2.42 bits per heavy atom. The van der Waals surface area contributed by atoms with Crippen molar-refractivity contribution in [3.05, 3.63) is 105 Å². The minimum atomic E-state index is -1.13. The standard InChI is InChI=1S/C29H27NO8/c1-17-15-23(32)27(28(34)30(17)14-13-18-7-9-19(31)10-8-18)22(16-26(33)37-2)25-12-11-24(38-25)20-5-3-4-6-21(20)29(35)36/h3-12,15,22,31-32H,13-14,16H2,1-2H3,(H,35,36). The summed E-state index contributed by atoms with van der Waals surface area (Å²) in [5, 5.41) is 29.9. The number of aromatic hydroxyl groups is 2. The monoisotopic (exact) mass is 517 g/mol. The Labute approximate surface area is 218 Å². The Morgan fingerprint density at radius 2 is 1.74 bits per heavy atom. The molecule has 0 aliphatic rings. The van der Waals surface area contributed by atoms with Crippen LogP contribution in [0.5, 0.6) is 11.5 Å². The van der Waals surface area contributed by atoms with Crippen LogP contribution >= 0.6 is 0 Å². The van der Waals surface area contributed by atoms with Crippen LogP contribution < -0.4 is 5.56 Å². The molecular weight excluding hydrogens is 490 g/mol. The second-order valence-electron chi connectivity index (χ2n) is 8.84. The van der Waals surface area contributed by atoms with E-state index in [1.54, 1.807) is 61.5 Å². The van der Waals surface area contributed by atoms with Gasteiger partial charge < -0.3 is 29.0 Å².